The average molecular weight is 307 g/mol. The van der Waals surface area contributed by atoms with Gasteiger partial charge in [0.25, 0.3) is 0 Å². The van der Waals surface area contributed by atoms with Gasteiger partial charge >= 0.3 is 0 Å². The molecule has 2 aromatic rings. The van der Waals surface area contributed by atoms with Crippen molar-refractivity contribution < 1.29 is 13.6 Å². The smallest absolute Gasteiger partial charge is 0.234 e. The molecule has 21 heavy (non-hydrogen) atoms. The fourth-order valence-corrected chi connectivity index (χ4v) is 2.69. The molecule has 1 N–H and O–H groups in total. The molecule has 2 nitrogen and oxygen atoms in total. The van der Waals surface area contributed by atoms with E-state index in [1.165, 1.54) is 17.8 Å². The fourth-order valence-electron chi connectivity index (χ4n) is 1.88. The highest BCUT2D eigenvalue weighted by Crippen LogP contribution is 2.23. The molecule has 0 saturated carbocycles. The van der Waals surface area contributed by atoms with Crippen LogP contribution in [0.3, 0.4) is 0 Å². The van der Waals surface area contributed by atoms with Crippen molar-refractivity contribution in [2.24, 2.45) is 0 Å². The molecule has 0 spiro atoms. The Hall–Kier alpha value is -1.88. The maximum absolute atomic E-state index is 13.4. The molecule has 0 bridgehead atoms. The SMILES string of the molecule is Cc1ccc(SCC(=O)Nc2ccc(F)cc2F)c(C)c1. The normalized spacial score (nSPS) is 10.5. The zero-order chi connectivity index (χ0) is 15.4. The number of nitrogens with one attached hydrogen (secondary N) is 1. The van der Waals surface area contributed by atoms with Gasteiger partial charge in [-0.05, 0) is 37.6 Å². The van der Waals surface area contributed by atoms with E-state index in [9.17, 15) is 13.6 Å². The zero-order valence-corrected chi connectivity index (χ0v) is 12.6. The molecule has 0 fully saturated rings. The van der Waals surface area contributed by atoms with Gasteiger partial charge in [0.05, 0.1) is 11.4 Å². The minimum absolute atomic E-state index is 0.0115. The largest absolute Gasteiger partial charge is 0.323 e. The van der Waals surface area contributed by atoms with E-state index in [0.717, 1.165) is 28.2 Å². The monoisotopic (exact) mass is 307 g/mol. The third kappa shape index (κ3) is 4.29. The number of hydrogen-bond donors (Lipinski definition) is 1. The van der Waals surface area contributed by atoms with Crippen molar-refractivity contribution in [3.8, 4) is 0 Å². The summed E-state index contributed by atoms with van der Waals surface area (Å²) < 4.78 is 26.2. The Kier molecular flexibility index (Phi) is 4.96. The topological polar surface area (TPSA) is 29.1 Å². The number of carbonyl (C=O) groups is 1. The van der Waals surface area contributed by atoms with E-state index >= 15 is 0 Å². The van der Waals surface area contributed by atoms with E-state index < -0.39 is 11.6 Å². The van der Waals surface area contributed by atoms with Crippen molar-refractivity contribution in [1.29, 1.82) is 0 Å². The van der Waals surface area contributed by atoms with E-state index in [1.807, 2.05) is 32.0 Å². The second-order valence-electron chi connectivity index (χ2n) is 4.73. The quantitative estimate of drug-likeness (QED) is 0.853. The number of amides is 1. The average Bonchev–Trinajstić information content (AvgIpc) is 2.41. The summed E-state index contributed by atoms with van der Waals surface area (Å²) in [4.78, 5) is 12.8. The van der Waals surface area contributed by atoms with Crippen molar-refractivity contribution in [2.75, 3.05) is 11.1 Å². The summed E-state index contributed by atoms with van der Waals surface area (Å²) in [5.74, 6) is -1.61. The van der Waals surface area contributed by atoms with Crippen LogP contribution in [-0.2, 0) is 4.79 Å². The summed E-state index contributed by atoms with van der Waals surface area (Å²) in [6.45, 7) is 3.98. The summed E-state index contributed by atoms with van der Waals surface area (Å²) in [6.07, 6.45) is 0. The fraction of sp³-hybridized carbons (Fsp3) is 0.188. The molecule has 2 rings (SSSR count). The van der Waals surface area contributed by atoms with Crippen LogP contribution in [0.5, 0.6) is 0 Å². The number of halogens is 2. The lowest BCUT2D eigenvalue weighted by Gasteiger charge is -2.08. The van der Waals surface area contributed by atoms with E-state index in [4.69, 9.17) is 0 Å². The molecule has 0 atom stereocenters. The minimum Gasteiger partial charge on any atom is -0.323 e. The zero-order valence-electron chi connectivity index (χ0n) is 11.7. The number of aryl methyl sites for hydroxylation is 2. The summed E-state index contributed by atoms with van der Waals surface area (Å²) in [6, 6.07) is 9.04. The van der Waals surface area contributed by atoms with Crippen molar-refractivity contribution in [3.63, 3.8) is 0 Å². The number of hydrogen-bond acceptors (Lipinski definition) is 2. The number of carbonyl (C=O) groups excluding carboxylic acids is 1. The Labute approximate surface area is 126 Å². The molecule has 110 valence electrons. The van der Waals surface area contributed by atoms with Crippen LogP contribution in [-0.4, -0.2) is 11.7 Å². The first kappa shape index (κ1) is 15.5. The molecule has 0 aliphatic heterocycles. The Morgan fingerprint density at radius 2 is 1.90 bits per heavy atom. The molecular weight excluding hydrogens is 292 g/mol. The van der Waals surface area contributed by atoms with Crippen molar-refractivity contribution in [2.45, 2.75) is 18.7 Å². The van der Waals surface area contributed by atoms with E-state index in [-0.39, 0.29) is 17.3 Å². The van der Waals surface area contributed by atoms with Gasteiger partial charge in [-0.2, -0.15) is 0 Å². The van der Waals surface area contributed by atoms with Gasteiger partial charge in [-0.15, -0.1) is 11.8 Å². The molecule has 0 saturated heterocycles. The molecule has 0 heterocycles. The number of thioether (sulfide) groups is 1. The number of anilines is 1. The maximum Gasteiger partial charge on any atom is 0.234 e. The first-order valence-corrected chi connectivity index (χ1v) is 7.39. The summed E-state index contributed by atoms with van der Waals surface area (Å²) in [5, 5.41) is 2.44. The van der Waals surface area contributed by atoms with Gasteiger partial charge in [0.2, 0.25) is 5.91 Å². The Morgan fingerprint density at radius 1 is 1.14 bits per heavy atom. The molecular formula is C16H15F2NOS. The van der Waals surface area contributed by atoms with Gasteiger partial charge in [0, 0.05) is 11.0 Å². The molecule has 5 heteroatoms. The molecule has 0 unspecified atom stereocenters. The molecule has 1 amide bonds. The molecule has 2 aromatic carbocycles. The summed E-state index contributed by atoms with van der Waals surface area (Å²) in [7, 11) is 0. The second kappa shape index (κ2) is 6.72. The lowest BCUT2D eigenvalue weighted by molar-refractivity contribution is -0.113. The first-order chi connectivity index (χ1) is 9.95. The minimum atomic E-state index is -0.778. The van der Waals surface area contributed by atoms with Crippen LogP contribution in [0, 0.1) is 25.5 Å². The van der Waals surface area contributed by atoms with E-state index in [0.29, 0.717) is 0 Å². The Morgan fingerprint density at radius 3 is 2.57 bits per heavy atom. The van der Waals surface area contributed by atoms with Crippen LogP contribution < -0.4 is 5.32 Å². The lowest BCUT2D eigenvalue weighted by Crippen LogP contribution is -2.15. The number of benzene rings is 2. The van der Waals surface area contributed by atoms with Gasteiger partial charge in [0.15, 0.2) is 0 Å². The first-order valence-electron chi connectivity index (χ1n) is 6.40. The van der Waals surface area contributed by atoms with Gasteiger partial charge in [-0.3, -0.25) is 4.79 Å². The number of rotatable bonds is 4. The summed E-state index contributed by atoms with van der Waals surface area (Å²) in [5.41, 5.74) is 2.25. The van der Waals surface area contributed by atoms with E-state index in [2.05, 4.69) is 5.32 Å². The highest BCUT2D eigenvalue weighted by atomic mass is 32.2. The van der Waals surface area contributed by atoms with Crippen LogP contribution in [0.1, 0.15) is 11.1 Å². The van der Waals surface area contributed by atoms with Gasteiger partial charge in [-0.25, -0.2) is 8.78 Å². The third-order valence-electron chi connectivity index (χ3n) is 2.89. The predicted octanol–water partition coefficient (Wildman–Crippen LogP) is 4.31. The maximum atomic E-state index is 13.4. The molecule has 0 aliphatic carbocycles. The van der Waals surface area contributed by atoms with Crippen molar-refractivity contribution >= 4 is 23.4 Å². The van der Waals surface area contributed by atoms with Crippen LogP contribution in [0.2, 0.25) is 0 Å². The van der Waals surface area contributed by atoms with Gasteiger partial charge < -0.3 is 5.32 Å². The summed E-state index contributed by atoms with van der Waals surface area (Å²) >= 11 is 1.38. The van der Waals surface area contributed by atoms with Crippen molar-refractivity contribution in [3.05, 3.63) is 59.2 Å². The highest BCUT2D eigenvalue weighted by Gasteiger charge is 2.09. The second-order valence-corrected chi connectivity index (χ2v) is 5.75. The predicted molar refractivity (Wildman–Crippen MR) is 81.6 cm³/mol. The molecule has 0 aromatic heterocycles. The molecule has 0 aliphatic rings. The van der Waals surface area contributed by atoms with Crippen molar-refractivity contribution in [1.82, 2.24) is 0 Å². The van der Waals surface area contributed by atoms with Crippen LogP contribution >= 0.6 is 11.8 Å². The molecule has 0 radical (unpaired) electrons. The third-order valence-corrected chi connectivity index (χ3v) is 4.07. The Balaban J connectivity index is 1.96. The van der Waals surface area contributed by atoms with Crippen LogP contribution in [0.15, 0.2) is 41.3 Å². The van der Waals surface area contributed by atoms with Gasteiger partial charge in [0.1, 0.15) is 11.6 Å². The van der Waals surface area contributed by atoms with E-state index in [1.54, 1.807) is 0 Å². The highest BCUT2D eigenvalue weighted by molar-refractivity contribution is 8.00. The lowest BCUT2D eigenvalue weighted by atomic mass is 10.2. The standard InChI is InChI=1S/C16H15F2NOS/c1-10-3-6-15(11(2)7-10)21-9-16(20)19-14-5-4-12(17)8-13(14)18/h3-8H,9H2,1-2H3,(H,19,20). The van der Waals surface area contributed by atoms with Gasteiger partial charge in [-0.1, -0.05) is 17.7 Å². The Bertz CT molecular complexity index is 673. The van der Waals surface area contributed by atoms with Crippen LogP contribution in [0.4, 0.5) is 14.5 Å². The van der Waals surface area contributed by atoms with Crippen LogP contribution in [0.25, 0.3) is 0 Å².